The van der Waals surface area contributed by atoms with Crippen molar-refractivity contribution in [2.45, 2.75) is 16.2 Å². The molecule has 0 unspecified atom stereocenters. The zero-order valence-electron chi connectivity index (χ0n) is 13.9. The van der Waals surface area contributed by atoms with Gasteiger partial charge in [0.15, 0.2) is 5.09 Å². The van der Waals surface area contributed by atoms with Crippen molar-refractivity contribution >= 4 is 50.9 Å². The quantitative estimate of drug-likeness (QED) is 0.353. The molecule has 142 valence electrons. The van der Waals surface area contributed by atoms with Crippen molar-refractivity contribution in [3.63, 3.8) is 0 Å². The molecule has 0 saturated carbocycles. The van der Waals surface area contributed by atoms with Crippen molar-refractivity contribution in [1.29, 1.82) is 5.26 Å². The Morgan fingerprint density at radius 3 is 2.50 bits per heavy atom. The molecule has 1 aromatic heterocycles. The van der Waals surface area contributed by atoms with E-state index in [0.717, 1.165) is 17.0 Å². The molecular weight excluding hydrogens is 475 g/mol. The zero-order valence-corrected chi connectivity index (χ0v) is 17.1. The fourth-order valence-corrected chi connectivity index (χ4v) is 3.76. The van der Waals surface area contributed by atoms with Gasteiger partial charge in [0.05, 0.1) is 21.7 Å². The number of allylic oxidation sites excluding steroid dienone is 1. The molecule has 8 heteroatoms. The van der Waals surface area contributed by atoms with Crippen LogP contribution in [0.1, 0.15) is 16.9 Å². The number of nitriles is 1. The molecule has 0 atom stereocenters. The summed E-state index contributed by atoms with van der Waals surface area (Å²) >= 11 is 10.6. The van der Waals surface area contributed by atoms with Gasteiger partial charge in [0.2, 0.25) is 0 Å². The minimum Gasteiger partial charge on any atom is -0.449 e. The lowest BCUT2D eigenvalue weighted by Crippen LogP contribution is -2.04. The van der Waals surface area contributed by atoms with Crippen LogP contribution in [0.25, 0.3) is 11.6 Å². The van der Waals surface area contributed by atoms with E-state index in [1.54, 1.807) is 18.2 Å². The molecule has 0 saturated heterocycles. The fraction of sp³-hybridized carbons (Fsp3) is 0.0500. The monoisotopic (exact) mass is 483 g/mol. The van der Waals surface area contributed by atoms with E-state index in [9.17, 15) is 18.4 Å². The van der Waals surface area contributed by atoms with Gasteiger partial charge in [0, 0.05) is 9.92 Å². The van der Waals surface area contributed by atoms with Crippen LogP contribution in [0.15, 0.2) is 73.5 Å². The molecule has 0 radical (unpaired) electrons. The minimum atomic E-state index is -4.48. The Bertz CT molecular complexity index is 1070. The molecule has 0 aliphatic heterocycles. The number of hydrogen-bond donors (Lipinski definition) is 0. The standard InChI is InChI=1S/C20H10BrClF3NOS/c21-18-10-16(27-19(18)28-17-6-4-15(22)5-7-17)9-13(11-26)12-2-1-3-14(8-12)20(23,24)25/h1-10H/b13-9-. The summed E-state index contributed by atoms with van der Waals surface area (Å²) < 4.78 is 45.1. The lowest BCUT2D eigenvalue weighted by atomic mass is 10.0. The number of nitrogens with zero attached hydrogens (tertiary/aromatic N) is 1. The maximum absolute atomic E-state index is 12.9. The average Bonchev–Trinajstić information content (AvgIpc) is 3.00. The molecule has 0 fully saturated rings. The number of furan rings is 1. The predicted molar refractivity (Wildman–Crippen MR) is 107 cm³/mol. The highest BCUT2D eigenvalue weighted by atomic mass is 79.9. The Hall–Kier alpha value is -2.14. The molecule has 0 N–H and O–H groups in total. The highest BCUT2D eigenvalue weighted by Gasteiger charge is 2.30. The molecule has 1 heterocycles. The van der Waals surface area contributed by atoms with Crippen molar-refractivity contribution in [2.75, 3.05) is 0 Å². The van der Waals surface area contributed by atoms with Gasteiger partial charge in [-0.3, -0.25) is 0 Å². The van der Waals surface area contributed by atoms with Gasteiger partial charge in [-0.25, -0.2) is 0 Å². The maximum atomic E-state index is 12.9. The van der Waals surface area contributed by atoms with Crippen molar-refractivity contribution < 1.29 is 17.6 Å². The second-order valence-electron chi connectivity index (χ2n) is 5.59. The SMILES string of the molecule is N#C/C(=C/c1cc(Br)c(Sc2ccc(Cl)cc2)o1)c1cccc(C(F)(F)F)c1. The topological polar surface area (TPSA) is 36.9 Å². The molecule has 2 nitrogen and oxygen atoms in total. The molecule has 0 spiro atoms. The molecule has 28 heavy (non-hydrogen) atoms. The Morgan fingerprint density at radius 1 is 1.14 bits per heavy atom. The van der Waals surface area contributed by atoms with Crippen LogP contribution in [-0.4, -0.2) is 0 Å². The van der Waals surface area contributed by atoms with Gasteiger partial charge in [0.1, 0.15) is 5.76 Å². The summed E-state index contributed by atoms with van der Waals surface area (Å²) in [7, 11) is 0. The molecule has 3 rings (SSSR count). The first-order valence-corrected chi connectivity index (χ1v) is 9.77. The molecule has 2 aromatic carbocycles. The molecule has 0 aliphatic rings. The number of halogens is 5. The summed E-state index contributed by atoms with van der Waals surface area (Å²) in [6.07, 6.45) is -3.07. The van der Waals surface area contributed by atoms with Gasteiger partial charge in [-0.2, -0.15) is 18.4 Å². The Morgan fingerprint density at radius 2 is 1.86 bits per heavy atom. The lowest BCUT2D eigenvalue weighted by molar-refractivity contribution is -0.137. The molecule has 3 aromatic rings. The van der Waals surface area contributed by atoms with Crippen LogP contribution >= 0.6 is 39.3 Å². The number of rotatable bonds is 4. The van der Waals surface area contributed by atoms with Gasteiger partial charge in [-0.15, -0.1) is 0 Å². The van der Waals surface area contributed by atoms with Crippen LogP contribution in [0.5, 0.6) is 0 Å². The molecule has 0 amide bonds. The van der Waals surface area contributed by atoms with Crippen LogP contribution in [0.4, 0.5) is 13.2 Å². The Kier molecular flexibility index (Phi) is 6.23. The first-order valence-electron chi connectivity index (χ1n) is 7.78. The third-order valence-corrected chi connectivity index (χ3v) is 5.71. The smallest absolute Gasteiger partial charge is 0.416 e. The second-order valence-corrected chi connectivity index (χ2v) is 7.93. The average molecular weight is 485 g/mol. The second kappa shape index (κ2) is 8.48. The summed E-state index contributed by atoms with van der Waals surface area (Å²) in [4.78, 5) is 0.897. The van der Waals surface area contributed by atoms with Crippen LogP contribution in [0.2, 0.25) is 5.02 Å². The highest BCUT2D eigenvalue weighted by molar-refractivity contribution is 9.10. The number of alkyl halides is 3. The van der Waals surface area contributed by atoms with Crippen LogP contribution in [-0.2, 0) is 6.18 Å². The van der Waals surface area contributed by atoms with Crippen molar-refractivity contribution in [3.8, 4) is 6.07 Å². The van der Waals surface area contributed by atoms with Crippen LogP contribution in [0.3, 0.4) is 0 Å². The first kappa shape index (κ1) is 20.6. The van der Waals surface area contributed by atoms with E-state index < -0.39 is 11.7 Å². The van der Waals surface area contributed by atoms with Crippen molar-refractivity contribution in [2.24, 2.45) is 0 Å². The van der Waals surface area contributed by atoms with Crippen LogP contribution < -0.4 is 0 Å². The third-order valence-electron chi connectivity index (χ3n) is 3.61. The summed E-state index contributed by atoms with van der Waals surface area (Å²) in [6.45, 7) is 0. The highest BCUT2D eigenvalue weighted by Crippen LogP contribution is 2.37. The summed E-state index contributed by atoms with van der Waals surface area (Å²) in [6, 6.07) is 15.4. The van der Waals surface area contributed by atoms with E-state index in [4.69, 9.17) is 16.0 Å². The van der Waals surface area contributed by atoms with Gasteiger partial charge in [-0.05, 0) is 70.0 Å². The van der Waals surface area contributed by atoms with Gasteiger partial charge < -0.3 is 4.42 Å². The fourth-order valence-electron chi connectivity index (χ4n) is 2.30. The normalized spacial score (nSPS) is 12.1. The van der Waals surface area contributed by atoms with Crippen molar-refractivity contribution in [3.05, 3.63) is 81.0 Å². The largest absolute Gasteiger partial charge is 0.449 e. The van der Waals surface area contributed by atoms with E-state index >= 15 is 0 Å². The number of benzene rings is 2. The van der Waals surface area contributed by atoms with Gasteiger partial charge in [-0.1, -0.05) is 35.5 Å². The zero-order chi connectivity index (χ0) is 20.3. The Balaban J connectivity index is 1.90. The predicted octanol–water partition coefficient (Wildman–Crippen LogP) is 7.93. The van der Waals surface area contributed by atoms with E-state index in [-0.39, 0.29) is 11.1 Å². The van der Waals surface area contributed by atoms with Gasteiger partial charge in [0.25, 0.3) is 0 Å². The summed E-state index contributed by atoms with van der Waals surface area (Å²) in [5.74, 6) is 0.345. The summed E-state index contributed by atoms with van der Waals surface area (Å²) in [5.41, 5.74) is -0.585. The van der Waals surface area contributed by atoms with E-state index in [1.165, 1.54) is 30.0 Å². The molecular formula is C20H10BrClF3NOS. The lowest BCUT2D eigenvalue weighted by Gasteiger charge is -2.07. The minimum absolute atomic E-state index is 0.0652. The van der Waals surface area contributed by atoms with Crippen LogP contribution in [0, 0.1) is 11.3 Å². The van der Waals surface area contributed by atoms with Gasteiger partial charge >= 0.3 is 6.18 Å². The molecule has 0 aliphatic carbocycles. The summed E-state index contributed by atoms with van der Waals surface area (Å²) in [5, 5.41) is 10.6. The van der Waals surface area contributed by atoms with E-state index in [2.05, 4.69) is 15.9 Å². The number of hydrogen-bond acceptors (Lipinski definition) is 3. The third kappa shape index (κ3) is 5.02. The van der Waals surface area contributed by atoms with E-state index in [0.29, 0.717) is 20.3 Å². The van der Waals surface area contributed by atoms with E-state index in [1.807, 2.05) is 18.2 Å². The van der Waals surface area contributed by atoms with Crippen molar-refractivity contribution in [1.82, 2.24) is 0 Å². The Labute approximate surface area is 176 Å². The molecule has 0 bridgehead atoms. The maximum Gasteiger partial charge on any atom is 0.416 e. The first-order chi connectivity index (χ1) is 13.3.